The second-order valence-corrected chi connectivity index (χ2v) is 5.29. The molecule has 0 aliphatic carbocycles. The SMILES string of the molecule is CC(C)CNC(=O)[C@@H]1CCC(=O)N1Cc1ccco1. The molecule has 0 spiro atoms. The average molecular weight is 264 g/mol. The number of hydrogen-bond donors (Lipinski definition) is 1. The van der Waals surface area contributed by atoms with Crippen molar-refractivity contribution >= 4 is 11.8 Å². The van der Waals surface area contributed by atoms with Crippen LogP contribution in [0.4, 0.5) is 0 Å². The maximum absolute atomic E-state index is 12.1. The fourth-order valence-corrected chi connectivity index (χ4v) is 2.20. The first kappa shape index (κ1) is 13.6. The van der Waals surface area contributed by atoms with Crippen LogP contribution in [0.5, 0.6) is 0 Å². The highest BCUT2D eigenvalue weighted by atomic mass is 16.3. The van der Waals surface area contributed by atoms with Crippen molar-refractivity contribution in [1.82, 2.24) is 10.2 Å². The number of carbonyl (C=O) groups is 2. The number of rotatable bonds is 5. The Balaban J connectivity index is 1.98. The van der Waals surface area contributed by atoms with Crippen LogP contribution >= 0.6 is 0 Å². The number of furan rings is 1. The van der Waals surface area contributed by atoms with Gasteiger partial charge in [-0.25, -0.2) is 0 Å². The second kappa shape index (κ2) is 5.91. The maximum Gasteiger partial charge on any atom is 0.242 e. The van der Waals surface area contributed by atoms with E-state index in [0.29, 0.717) is 37.6 Å². The molecule has 1 aromatic heterocycles. The molecule has 1 aliphatic heterocycles. The first-order chi connectivity index (χ1) is 9.08. The van der Waals surface area contributed by atoms with Crippen LogP contribution in [0.3, 0.4) is 0 Å². The van der Waals surface area contributed by atoms with Gasteiger partial charge in [-0.05, 0) is 24.5 Å². The van der Waals surface area contributed by atoms with Crippen molar-refractivity contribution in [1.29, 1.82) is 0 Å². The summed E-state index contributed by atoms with van der Waals surface area (Å²) >= 11 is 0. The summed E-state index contributed by atoms with van der Waals surface area (Å²) in [5, 5.41) is 2.89. The summed E-state index contributed by atoms with van der Waals surface area (Å²) < 4.78 is 5.24. The number of carbonyl (C=O) groups excluding carboxylic acids is 2. The van der Waals surface area contributed by atoms with E-state index in [1.54, 1.807) is 17.2 Å². The first-order valence-electron chi connectivity index (χ1n) is 6.67. The smallest absolute Gasteiger partial charge is 0.242 e. The molecule has 104 valence electrons. The van der Waals surface area contributed by atoms with Gasteiger partial charge in [-0.3, -0.25) is 9.59 Å². The largest absolute Gasteiger partial charge is 0.467 e. The van der Waals surface area contributed by atoms with Gasteiger partial charge >= 0.3 is 0 Å². The highest BCUT2D eigenvalue weighted by Gasteiger charge is 2.36. The van der Waals surface area contributed by atoms with Crippen molar-refractivity contribution in [2.45, 2.75) is 39.3 Å². The molecule has 1 fully saturated rings. The summed E-state index contributed by atoms with van der Waals surface area (Å²) in [6, 6.07) is 3.23. The predicted octanol–water partition coefficient (Wildman–Crippen LogP) is 1.54. The third-order valence-electron chi connectivity index (χ3n) is 3.22. The zero-order chi connectivity index (χ0) is 13.8. The molecule has 2 rings (SSSR count). The van der Waals surface area contributed by atoms with Gasteiger partial charge in [0.1, 0.15) is 11.8 Å². The molecular weight excluding hydrogens is 244 g/mol. The van der Waals surface area contributed by atoms with Gasteiger partial charge in [-0.2, -0.15) is 0 Å². The summed E-state index contributed by atoms with van der Waals surface area (Å²) in [6.45, 7) is 5.09. The van der Waals surface area contributed by atoms with Crippen LogP contribution in [0.25, 0.3) is 0 Å². The lowest BCUT2D eigenvalue weighted by atomic mass is 10.2. The van der Waals surface area contributed by atoms with Gasteiger partial charge in [0.25, 0.3) is 0 Å². The van der Waals surface area contributed by atoms with Gasteiger partial charge in [-0.1, -0.05) is 13.8 Å². The molecule has 2 amide bonds. The number of nitrogens with zero attached hydrogens (tertiary/aromatic N) is 1. The molecule has 1 atom stereocenters. The van der Waals surface area contributed by atoms with E-state index in [-0.39, 0.29) is 17.9 Å². The summed E-state index contributed by atoms with van der Waals surface area (Å²) in [5.74, 6) is 1.06. The topological polar surface area (TPSA) is 62.6 Å². The Morgan fingerprint density at radius 1 is 1.58 bits per heavy atom. The Labute approximate surface area is 113 Å². The van der Waals surface area contributed by atoms with Crippen molar-refractivity contribution in [3.8, 4) is 0 Å². The molecule has 5 nitrogen and oxygen atoms in total. The lowest BCUT2D eigenvalue weighted by Gasteiger charge is -2.23. The van der Waals surface area contributed by atoms with E-state index in [4.69, 9.17) is 4.42 Å². The number of hydrogen-bond acceptors (Lipinski definition) is 3. The summed E-state index contributed by atoms with van der Waals surface area (Å²) in [4.78, 5) is 25.6. The molecule has 0 radical (unpaired) electrons. The molecule has 2 heterocycles. The zero-order valence-electron chi connectivity index (χ0n) is 11.4. The lowest BCUT2D eigenvalue weighted by molar-refractivity contribution is -0.136. The Kier molecular flexibility index (Phi) is 4.24. The van der Waals surface area contributed by atoms with Crippen molar-refractivity contribution in [3.63, 3.8) is 0 Å². The fourth-order valence-electron chi connectivity index (χ4n) is 2.20. The van der Waals surface area contributed by atoms with Crippen LogP contribution in [-0.4, -0.2) is 29.3 Å². The predicted molar refractivity (Wildman–Crippen MR) is 70.1 cm³/mol. The molecule has 19 heavy (non-hydrogen) atoms. The molecule has 0 aromatic carbocycles. The quantitative estimate of drug-likeness (QED) is 0.877. The normalized spacial score (nSPS) is 19.2. The number of likely N-dealkylation sites (tertiary alicyclic amines) is 1. The molecule has 1 aromatic rings. The Morgan fingerprint density at radius 3 is 3.00 bits per heavy atom. The minimum absolute atomic E-state index is 0.0149. The lowest BCUT2D eigenvalue weighted by Crippen LogP contribution is -2.45. The van der Waals surface area contributed by atoms with Crippen molar-refractivity contribution in [2.75, 3.05) is 6.54 Å². The van der Waals surface area contributed by atoms with E-state index in [2.05, 4.69) is 5.32 Å². The standard InChI is InChI=1S/C14H20N2O3/c1-10(2)8-15-14(18)12-5-6-13(17)16(12)9-11-4-3-7-19-11/h3-4,7,10,12H,5-6,8-9H2,1-2H3,(H,15,18)/t12-/m0/s1. The van der Waals surface area contributed by atoms with Gasteiger partial charge in [-0.15, -0.1) is 0 Å². The molecular formula is C14H20N2O3. The van der Waals surface area contributed by atoms with E-state index in [0.717, 1.165) is 0 Å². The average Bonchev–Trinajstić information content (AvgIpc) is 2.98. The molecule has 1 aliphatic rings. The molecule has 0 saturated carbocycles. The second-order valence-electron chi connectivity index (χ2n) is 5.29. The molecule has 0 bridgehead atoms. The summed E-state index contributed by atoms with van der Waals surface area (Å²) in [7, 11) is 0. The van der Waals surface area contributed by atoms with Crippen LogP contribution in [0.2, 0.25) is 0 Å². The van der Waals surface area contributed by atoms with Crippen molar-refractivity contribution < 1.29 is 14.0 Å². The first-order valence-corrected chi connectivity index (χ1v) is 6.67. The number of nitrogens with one attached hydrogen (secondary N) is 1. The number of amides is 2. The Morgan fingerprint density at radius 2 is 2.37 bits per heavy atom. The molecule has 1 saturated heterocycles. The minimum Gasteiger partial charge on any atom is -0.467 e. The van der Waals surface area contributed by atoms with Gasteiger partial charge < -0.3 is 14.6 Å². The van der Waals surface area contributed by atoms with Crippen molar-refractivity contribution in [3.05, 3.63) is 24.2 Å². The van der Waals surface area contributed by atoms with Crippen LogP contribution in [0.15, 0.2) is 22.8 Å². The van der Waals surface area contributed by atoms with Crippen LogP contribution in [0.1, 0.15) is 32.4 Å². The third-order valence-corrected chi connectivity index (χ3v) is 3.22. The van der Waals surface area contributed by atoms with E-state index >= 15 is 0 Å². The van der Waals surface area contributed by atoms with Gasteiger partial charge in [0, 0.05) is 13.0 Å². The van der Waals surface area contributed by atoms with Gasteiger partial charge in [0.05, 0.1) is 12.8 Å². The van der Waals surface area contributed by atoms with E-state index in [1.807, 2.05) is 19.9 Å². The van der Waals surface area contributed by atoms with E-state index in [1.165, 1.54) is 0 Å². The zero-order valence-corrected chi connectivity index (χ0v) is 11.4. The molecule has 1 N–H and O–H groups in total. The Bertz CT molecular complexity index is 440. The minimum atomic E-state index is -0.364. The molecule has 5 heteroatoms. The van der Waals surface area contributed by atoms with E-state index < -0.39 is 0 Å². The van der Waals surface area contributed by atoms with Crippen molar-refractivity contribution in [2.24, 2.45) is 5.92 Å². The highest BCUT2D eigenvalue weighted by molar-refractivity contribution is 5.90. The third kappa shape index (κ3) is 3.36. The van der Waals surface area contributed by atoms with Crippen LogP contribution in [0, 0.1) is 5.92 Å². The monoisotopic (exact) mass is 264 g/mol. The molecule has 0 unspecified atom stereocenters. The summed E-state index contributed by atoms with van der Waals surface area (Å²) in [5.41, 5.74) is 0. The van der Waals surface area contributed by atoms with E-state index in [9.17, 15) is 9.59 Å². The van der Waals surface area contributed by atoms with Gasteiger partial charge in [0.2, 0.25) is 11.8 Å². The highest BCUT2D eigenvalue weighted by Crippen LogP contribution is 2.21. The Hall–Kier alpha value is -1.78. The fraction of sp³-hybridized carbons (Fsp3) is 0.571. The van der Waals surface area contributed by atoms with Crippen LogP contribution in [-0.2, 0) is 16.1 Å². The summed E-state index contributed by atoms with van der Waals surface area (Å²) in [6.07, 6.45) is 2.59. The van der Waals surface area contributed by atoms with Gasteiger partial charge in [0.15, 0.2) is 0 Å². The maximum atomic E-state index is 12.1. The van der Waals surface area contributed by atoms with Crippen LogP contribution < -0.4 is 5.32 Å².